The summed E-state index contributed by atoms with van der Waals surface area (Å²) in [6.07, 6.45) is 3.87. The van der Waals surface area contributed by atoms with Gasteiger partial charge in [0, 0.05) is 20.3 Å². The Kier molecular flexibility index (Phi) is 6.65. The average Bonchev–Trinajstić information content (AvgIpc) is 1.89. The van der Waals surface area contributed by atoms with Crippen molar-refractivity contribution in [3.05, 3.63) is 0 Å². The second kappa shape index (κ2) is 7.25. The van der Waals surface area contributed by atoms with E-state index in [2.05, 4.69) is 5.32 Å². The van der Waals surface area contributed by atoms with Gasteiger partial charge < -0.3 is 10.1 Å². The van der Waals surface area contributed by atoms with E-state index in [1.807, 2.05) is 6.19 Å². The molecule has 0 saturated carbocycles. The van der Waals surface area contributed by atoms with E-state index >= 15 is 0 Å². The summed E-state index contributed by atoms with van der Waals surface area (Å²) in [6, 6.07) is 0. The van der Waals surface area contributed by atoms with Crippen molar-refractivity contribution in [3.8, 4) is 6.19 Å². The molecule has 0 fully saturated rings. The molecular weight excluding hydrogens is 116 g/mol. The fourth-order valence-corrected chi connectivity index (χ4v) is 0.516. The molecule has 3 nitrogen and oxygen atoms in total. The topological polar surface area (TPSA) is 45.0 Å². The summed E-state index contributed by atoms with van der Waals surface area (Å²) in [7, 11) is 1.68. The number of nitrogens with zero attached hydrogens (tertiary/aromatic N) is 1. The van der Waals surface area contributed by atoms with Gasteiger partial charge in [0.15, 0.2) is 6.19 Å². The Morgan fingerprint density at radius 2 is 2.33 bits per heavy atom. The Hall–Kier alpha value is -0.750. The molecule has 0 saturated heterocycles. The van der Waals surface area contributed by atoms with Crippen LogP contribution in [0.1, 0.15) is 12.8 Å². The Labute approximate surface area is 55.6 Å². The Bertz CT molecular complexity index is 87.5. The molecule has 0 rings (SSSR count). The molecule has 52 valence electrons. The first-order chi connectivity index (χ1) is 4.41. The van der Waals surface area contributed by atoms with Crippen molar-refractivity contribution < 1.29 is 4.74 Å². The normalized spacial score (nSPS) is 8.44. The highest BCUT2D eigenvalue weighted by atomic mass is 16.5. The predicted octanol–water partition coefficient (Wildman–Crippen LogP) is 0.484. The standard InChI is InChI=1S/C6H12N2O/c1-9-5-3-2-4-8-6-7/h8H,2-5H2,1H3. The lowest BCUT2D eigenvalue weighted by Crippen LogP contribution is -2.07. The zero-order valence-electron chi connectivity index (χ0n) is 5.68. The molecule has 0 aromatic rings. The molecule has 0 heterocycles. The van der Waals surface area contributed by atoms with Crippen LogP contribution < -0.4 is 5.32 Å². The largest absolute Gasteiger partial charge is 0.385 e. The van der Waals surface area contributed by atoms with Crippen LogP contribution in [-0.4, -0.2) is 20.3 Å². The zero-order chi connectivity index (χ0) is 6.95. The highest BCUT2D eigenvalue weighted by Crippen LogP contribution is 1.85. The first-order valence-electron chi connectivity index (χ1n) is 3.02. The van der Waals surface area contributed by atoms with Gasteiger partial charge in [-0.2, -0.15) is 5.26 Å². The van der Waals surface area contributed by atoms with Crippen LogP contribution in [0.5, 0.6) is 0 Å². The van der Waals surface area contributed by atoms with E-state index in [-0.39, 0.29) is 0 Å². The van der Waals surface area contributed by atoms with Crippen LogP contribution in [0.15, 0.2) is 0 Å². The van der Waals surface area contributed by atoms with Crippen LogP contribution in [-0.2, 0) is 4.74 Å². The van der Waals surface area contributed by atoms with Crippen molar-refractivity contribution in [3.63, 3.8) is 0 Å². The summed E-state index contributed by atoms with van der Waals surface area (Å²) in [5.41, 5.74) is 0. The van der Waals surface area contributed by atoms with Gasteiger partial charge in [-0.15, -0.1) is 0 Å². The van der Waals surface area contributed by atoms with Crippen LogP contribution in [0.25, 0.3) is 0 Å². The molecule has 0 aliphatic heterocycles. The molecule has 9 heavy (non-hydrogen) atoms. The van der Waals surface area contributed by atoms with E-state index in [1.165, 1.54) is 0 Å². The molecule has 0 aliphatic rings. The van der Waals surface area contributed by atoms with E-state index in [9.17, 15) is 0 Å². The van der Waals surface area contributed by atoms with E-state index < -0.39 is 0 Å². The second-order valence-corrected chi connectivity index (χ2v) is 1.74. The summed E-state index contributed by atoms with van der Waals surface area (Å²) >= 11 is 0. The molecule has 3 heteroatoms. The summed E-state index contributed by atoms with van der Waals surface area (Å²) in [5.74, 6) is 0. The van der Waals surface area contributed by atoms with Crippen molar-refractivity contribution in [2.24, 2.45) is 0 Å². The van der Waals surface area contributed by atoms with Crippen LogP contribution in [0.2, 0.25) is 0 Å². The predicted molar refractivity (Wildman–Crippen MR) is 34.7 cm³/mol. The third kappa shape index (κ3) is 7.25. The first-order valence-corrected chi connectivity index (χ1v) is 3.02. The number of hydrogen-bond donors (Lipinski definition) is 1. The van der Waals surface area contributed by atoms with Gasteiger partial charge in [-0.05, 0) is 12.8 Å². The Morgan fingerprint density at radius 1 is 1.56 bits per heavy atom. The summed E-state index contributed by atoms with van der Waals surface area (Å²) in [4.78, 5) is 0. The van der Waals surface area contributed by atoms with Crippen molar-refractivity contribution >= 4 is 0 Å². The summed E-state index contributed by atoms with van der Waals surface area (Å²) < 4.78 is 4.81. The lowest BCUT2D eigenvalue weighted by Gasteiger charge is -1.96. The molecule has 0 radical (unpaired) electrons. The van der Waals surface area contributed by atoms with Gasteiger partial charge in [0.25, 0.3) is 0 Å². The van der Waals surface area contributed by atoms with Crippen molar-refractivity contribution in [2.45, 2.75) is 12.8 Å². The third-order valence-corrected chi connectivity index (χ3v) is 0.979. The maximum Gasteiger partial charge on any atom is 0.176 e. The second-order valence-electron chi connectivity index (χ2n) is 1.74. The molecule has 0 aromatic carbocycles. The van der Waals surface area contributed by atoms with Gasteiger partial charge in [0.2, 0.25) is 0 Å². The number of nitrogens with one attached hydrogen (secondary N) is 1. The molecule has 0 spiro atoms. The van der Waals surface area contributed by atoms with Crippen LogP contribution in [0.4, 0.5) is 0 Å². The van der Waals surface area contributed by atoms with Crippen molar-refractivity contribution in [2.75, 3.05) is 20.3 Å². The lowest BCUT2D eigenvalue weighted by atomic mass is 10.3. The van der Waals surface area contributed by atoms with E-state index in [1.54, 1.807) is 7.11 Å². The fourth-order valence-electron chi connectivity index (χ4n) is 0.516. The van der Waals surface area contributed by atoms with Gasteiger partial charge in [-0.1, -0.05) is 0 Å². The SMILES string of the molecule is COCCCCNC#N. The number of hydrogen-bond acceptors (Lipinski definition) is 3. The highest BCUT2D eigenvalue weighted by Gasteiger charge is 1.84. The van der Waals surface area contributed by atoms with Crippen molar-refractivity contribution in [1.82, 2.24) is 5.32 Å². The van der Waals surface area contributed by atoms with E-state index in [4.69, 9.17) is 10.00 Å². The first kappa shape index (κ1) is 8.25. The number of methoxy groups -OCH3 is 1. The maximum absolute atomic E-state index is 8.03. The monoisotopic (exact) mass is 128 g/mol. The molecule has 0 atom stereocenters. The molecule has 0 aromatic heterocycles. The Morgan fingerprint density at radius 3 is 2.89 bits per heavy atom. The molecule has 0 aliphatic carbocycles. The van der Waals surface area contributed by atoms with Gasteiger partial charge >= 0.3 is 0 Å². The van der Waals surface area contributed by atoms with Gasteiger partial charge in [-0.25, -0.2) is 0 Å². The smallest absolute Gasteiger partial charge is 0.176 e. The van der Waals surface area contributed by atoms with Crippen LogP contribution >= 0.6 is 0 Å². The minimum Gasteiger partial charge on any atom is -0.385 e. The Balaban J connectivity index is 2.69. The van der Waals surface area contributed by atoms with Gasteiger partial charge in [-0.3, -0.25) is 0 Å². The minimum absolute atomic E-state index is 0.764. The zero-order valence-corrected chi connectivity index (χ0v) is 5.68. The van der Waals surface area contributed by atoms with Crippen LogP contribution in [0.3, 0.4) is 0 Å². The summed E-state index contributed by atoms with van der Waals surface area (Å²) in [5, 5.41) is 10.6. The maximum atomic E-state index is 8.03. The van der Waals surface area contributed by atoms with Crippen LogP contribution in [0, 0.1) is 11.5 Å². The number of rotatable bonds is 5. The van der Waals surface area contributed by atoms with E-state index in [0.717, 1.165) is 26.0 Å². The van der Waals surface area contributed by atoms with Gasteiger partial charge in [0.05, 0.1) is 0 Å². The van der Waals surface area contributed by atoms with Gasteiger partial charge in [0.1, 0.15) is 0 Å². The average molecular weight is 128 g/mol. The third-order valence-electron chi connectivity index (χ3n) is 0.979. The molecule has 0 bridgehead atoms. The van der Waals surface area contributed by atoms with E-state index in [0.29, 0.717) is 0 Å². The number of ether oxygens (including phenoxy) is 1. The minimum atomic E-state index is 0.764. The quantitative estimate of drug-likeness (QED) is 0.333. The fraction of sp³-hybridized carbons (Fsp3) is 0.833. The number of unbranched alkanes of at least 4 members (excludes halogenated alkanes) is 1. The molecule has 1 N–H and O–H groups in total. The highest BCUT2D eigenvalue weighted by molar-refractivity contribution is 4.63. The lowest BCUT2D eigenvalue weighted by molar-refractivity contribution is 0.193. The number of nitriles is 1. The molecule has 0 amide bonds. The molecule has 0 unspecified atom stereocenters. The summed E-state index contributed by atoms with van der Waals surface area (Å²) in [6.45, 7) is 1.55. The molecular formula is C6H12N2O. The van der Waals surface area contributed by atoms with Crippen molar-refractivity contribution in [1.29, 1.82) is 5.26 Å².